The highest BCUT2D eigenvalue weighted by atomic mass is 35.5. The zero-order chi connectivity index (χ0) is 24.3. The van der Waals surface area contributed by atoms with Crippen LogP contribution in [-0.4, -0.2) is 33.2 Å². The summed E-state index contributed by atoms with van der Waals surface area (Å²) in [5.41, 5.74) is 0.961. The van der Waals surface area contributed by atoms with Crippen molar-refractivity contribution in [2.45, 2.75) is 44.7 Å². The van der Waals surface area contributed by atoms with Crippen molar-refractivity contribution in [1.29, 1.82) is 0 Å². The molecule has 0 amide bonds. The number of nitro benzene ring substituents is 1. The van der Waals surface area contributed by atoms with Crippen LogP contribution in [-0.2, 0) is 28.4 Å². The number of halogens is 2. The molecule has 1 aliphatic heterocycles. The number of carbonyl (C=O) groups is 1. The highest BCUT2D eigenvalue weighted by molar-refractivity contribution is 6.35. The first kappa shape index (κ1) is 24.3. The lowest BCUT2D eigenvalue weighted by molar-refractivity contribution is -0.684. The second kappa shape index (κ2) is 10.2. The fraction of sp³-hybridized carbons (Fsp3) is 0.348. The average Bonchev–Trinajstić information content (AvgIpc) is 3.41. The molecular weight excluding hydrogens is 483 g/mol. The van der Waals surface area contributed by atoms with Crippen LogP contribution in [0.4, 0.5) is 5.69 Å². The van der Waals surface area contributed by atoms with Crippen molar-refractivity contribution >= 4 is 34.7 Å². The van der Waals surface area contributed by atoms with Gasteiger partial charge in [0.05, 0.1) is 22.7 Å². The van der Waals surface area contributed by atoms with Crippen LogP contribution in [0.15, 0.2) is 55.1 Å². The van der Waals surface area contributed by atoms with Gasteiger partial charge in [-0.2, -0.15) is 0 Å². The summed E-state index contributed by atoms with van der Waals surface area (Å²) >= 11 is 12.6. The van der Waals surface area contributed by atoms with Crippen molar-refractivity contribution in [3.8, 4) is 0 Å². The predicted octanol–water partition coefficient (Wildman–Crippen LogP) is 4.34. The minimum absolute atomic E-state index is 0.0205. The van der Waals surface area contributed by atoms with Crippen LogP contribution in [0.2, 0.25) is 10.0 Å². The van der Waals surface area contributed by atoms with Crippen molar-refractivity contribution in [1.82, 2.24) is 9.78 Å². The first-order valence-electron chi connectivity index (χ1n) is 10.8. The molecular formula is C23H23Cl2N4O5+. The van der Waals surface area contributed by atoms with Gasteiger partial charge in [0.1, 0.15) is 6.54 Å². The van der Waals surface area contributed by atoms with Crippen molar-refractivity contribution < 1.29 is 23.8 Å². The molecule has 1 aliphatic rings. The number of ketones is 1. The van der Waals surface area contributed by atoms with Crippen molar-refractivity contribution in [3.63, 3.8) is 0 Å². The quantitative estimate of drug-likeness (QED) is 0.185. The Morgan fingerprint density at radius 1 is 1.29 bits per heavy atom. The van der Waals surface area contributed by atoms with Gasteiger partial charge in [0, 0.05) is 33.4 Å². The molecule has 0 aliphatic carbocycles. The molecule has 34 heavy (non-hydrogen) atoms. The summed E-state index contributed by atoms with van der Waals surface area (Å²) in [6, 6.07) is 10.7. The van der Waals surface area contributed by atoms with Crippen LogP contribution in [0.5, 0.6) is 0 Å². The number of rotatable bonds is 9. The fourth-order valence-electron chi connectivity index (χ4n) is 3.90. The van der Waals surface area contributed by atoms with Gasteiger partial charge in [0.15, 0.2) is 12.3 Å². The Bertz CT molecular complexity index is 1200. The van der Waals surface area contributed by atoms with Crippen LogP contribution in [0.1, 0.15) is 35.7 Å². The number of nitro groups is 1. The number of ether oxygens (including phenoxy) is 2. The van der Waals surface area contributed by atoms with E-state index in [0.717, 1.165) is 12.8 Å². The maximum absolute atomic E-state index is 12.6. The number of hydrogen-bond acceptors (Lipinski definition) is 6. The van der Waals surface area contributed by atoms with E-state index in [1.807, 2.05) is 0 Å². The number of non-ortho nitro benzene ring substituents is 1. The molecule has 2 aromatic carbocycles. The predicted molar refractivity (Wildman–Crippen MR) is 124 cm³/mol. The van der Waals surface area contributed by atoms with E-state index in [1.54, 1.807) is 33.8 Å². The van der Waals surface area contributed by atoms with Crippen molar-refractivity contribution in [2.24, 2.45) is 0 Å². The summed E-state index contributed by atoms with van der Waals surface area (Å²) in [6.45, 7) is 2.74. The highest BCUT2D eigenvalue weighted by Crippen LogP contribution is 2.41. The Morgan fingerprint density at radius 2 is 2.06 bits per heavy atom. The summed E-state index contributed by atoms with van der Waals surface area (Å²) in [5, 5.41) is 16.1. The van der Waals surface area contributed by atoms with Gasteiger partial charge >= 0.3 is 0 Å². The van der Waals surface area contributed by atoms with E-state index in [-0.39, 0.29) is 30.7 Å². The molecule has 0 saturated carbocycles. The number of carbonyl (C=O) groups excluding carboxylic acids is 1. The Hall–Kier alpha value is -2.85. The van der Waals surface area contributed by atoms with E-state index >= 15 is 0 Å². The Kier molecular flexibility index (Phi) is 7.27. The van der Waals surface area contributed by atoms with Gasteiger partial charge in [0.2, 0.25) is 12.1 Å². The Labute approximate surface area is 206 Å². The third kappa shape index (κ3) is 5.28. The molecule has 0 unspecified atom stereocenters. The standard InChI is InChI=1S/C23H23Cl2N4O5/c1-2-3-19-12-33-23(34-19,20-9-6-17(24)10-21(20)25)13-28-15-27(14-26-28)11-22(30)16-4-7-18(8-5-16)29(31)32/h4-10,14-15,19H,2-3,11-13H2,1H3/q+1/t19-,23-/m1/s1. The van der Waals surface area contributed by atoms with Crippen LogP contribution >= 0.6 is 23.2 Å². The first-order chi connectivity index (χ1) is 16.3. The average molecular weight is 506 g/mol. The second-order valence-corrected chi connectivity index (χ2v) is 8.90. The third-order valence-electron chi connectivity index (χ3n) is 5.54. The summed E-state index contributed by atoms with van der Waals surface area (Å²) in [6.07, 6.45) is 4.91. The third-order valence-corrected chi connectivity index (χ3v) is 6.09. The molecule has 2 heterocycles. The molecule has 0 spiro atoms. The molecule has 0 bridgehead atoms. The lowest BCUT2D eigenvalue weighted by Gasteiger charge is -2.27. The minimum atomic E-state index is -1.15. The Balaban J connectivity index is 1.53. The van der Waals surface area contributed by atoms with Gasteiger partial charge in [-0.3, -0.25) is 14.9 Å². The SMILES string of the molecule is CCC[C@@H]1CO[C@@](Cn2c[n+](CC(=O)c3ccc([N+](=O)[O-])cc3)cn2)(c2ccc(Cl)cc2Cl)O1. The lowest BCUT2D eigenvalue weighted by atomic mass is 10.1. The van der Waals surface area contributed by atoms with Crippen LogP contribution in [0.25, 0.3) is 0 Å². The van der Waals surface area contributed by atoms with Crippen molar-refractivity contribution in [2.75, 3.05) is 6.61 Å². The number of aromatic nitrogens is 3. The van der Waals surface area contributed by atoms with Crippen molar-refractivity contribution in [3.05, 3.63) is 86.4 Å². The number of nitrogens with zero attached hydrogens (tertiary/aromatic N) is 4. The molecule has 1 aromatic heterocycles. The number of benzene rings is 2. The van der Waals surface area contributed by atoms with Gasteiger partial charge in [-0.1, -0.05) is 42.6 Å². The largest absolute Gasteiger partial charge is 0.341 e. The molecule has 3 aromatic rings. The molecule has 1 fully saturated rings. The van der Waals surface area contributed by atoms with E-state index in [9.17, 15) is 14.9 Å². The lowest BCUT2D eigenvalue weighted by Crippen LogP contribution is -2.37. The summed E-state index contributed by atoms with van der Waals surface area (Å²) in [5.74, 6) is -1.35. The molecule has 0 radical (unpaired) electrons. The van der Waals surface area contributed by atoms with Gasteiger partial charge < -0.3 is 9.47 Å². The van der Waals surface area contributed by atoms with E-state index in [1.165, 1.54) is 30.6 Å². The second-order valence-electron chi connectivity index (χ2n) is 8.06. The molecule has 1 saturated heterocycles. The molecule has 0 N–H and O–H groups in total. The van der Waals surface area contributed by atoms with E-state index in [2.05, 4.69) is 12.0 Å². The zero-order valence-electron chi connectivity index (χ0n) is 18.4. The van der Waals surface area contributed by atoms with E-state index in [0.29, 0.717) is 27.8 Å². The van der Waals surface area contributed by atoms with Gasteiger partial charge in [-0.15, -0.1) is 4.68 Å². The Morgan fingerprint density at radius 3 is 2.74 bits per heavy atom. The minimum Gasteiger partial charge on any atom is -0.341 e. The van der Waals surface area contributed by atoms with Gasteiger partial charge in [-0.05, 0) is 30.7 Å². The van der Waals surface area contributed by atoms with E-state index < -0.39 is 10.7 Å². The summed E-state index contributed by atoms with van der Waals surface area (Å²) in [4.78, 5) is 22.9. The molecule has 178 valence electrons. The van der Waals surface area contributed by atoms with E-state index in [4.69, 9.17) is 32.7 Å². The molecule has 9 nitrogen and oxygen atoms in total. The number of Topliss-reactive ketones (excluding diaryl/α,β-unsaturated/α-hetero) is 1. The maximum atomic E-state index is 12.6. The first-order valence-corrected chi connectivity index (χ1v) is 11.5. The zero-order valence-corrected chi connectivity index (χ0v) is 19.9. The summed E-state index contributed by atoms with van der Waals surface area (Å²) in [7, 11) is 0. The highest BCUT2D eigenvalue weighted by Gasteiger charge is 2.46. The smallest absolute Gasteiger partial charge is 0.269 e. The number of hydrogen-bond donors (Lipinski definition) is 0. The van der Waals surface area contributed by atoms with Gasteiger partial charge in [0.25, 0.3) is 12.0 Å². The normalized spacial score (nSPS) is 19.9. The topological polar surface area (TPSA) is 100 Å². The molecule has 11 heteroatoms. The molecule has 4 rings (SSSR count). The van der Waals surface area contributed by atoms with Gasteiger partial charge in [-0.25, -0.2) is 4.57 Å². The maximum Gasteiger partial charge on any atom is 0.269 e. The van der Waals surface area contributed by atoms with Crippen LogP contribution < -0.4 is 4.57 Å². The fourth-order valence-corrected chi connectivity index (χ4v) is 4.46. The van der Waals surface area contributed by atoms with Crippen LogP contribution in [0, 0.1) is 10.1 Å². The monoisotopic (exact) mass is 505 g/mol. The summed E-state index contributed by atoms with van der Waals surface area (Å²) < 4.78 is 15.8. The molecule has 2 atom stereocenters. The van der Waals surface area contributed by atoms with Crippen LogP contribution in [0.3, 0.4) is 0 Å².